The van der Waals surface area contributed by atoms with E-state index in [2.05, 4.69) is 46.6 Å². The van der Waals surface area contributed by atoms with E-state index in [0.717, 1.165) is 24.8 Å². The van der Waals surface area contributed by atoms with Crippen LogP contribution in [-0.4, -0.2) is 22.7 Å². The van der Waals surface area contributed by atoms with Crippen LogP contribution < -0.4 is 5.32 Å². The summed E-state index contributed by atoms with van der Waals surface area (Å²) < 4.78 is 5.10. The maximum absolute atomic E-state index is 5.10. The summed E-state index contributed by atoms with van der Waals surface area (Å²) in [5, 5.41) is 7.36. The number of hydrogen-bond donors (Lipinski definition) is 1. The van der Waals surface area contributed by atoms with Crippen LogP contribution in [0.5, 0.6) is 0 Å². The number of nitrogens with one attached hydrogen (secondary N) is 1. The zero-order chi connectivity index (χ0) is 13.9. The van der Waals surface area contributed by atoms with E-state index in [9.17, 15) is 0 Å². The maximum atomic E-state index is 5.10. The Morgan fingerprint density at radius 2 is 2.15 bits per heavy atom. The van der Waals surface area contributed by atoms with Crippen molar-refractivity contribution in [2.24, 2.45) is 0 Å². The van der Waals surface area contributed by atoms with E-state index in [4.69, 9.17) is 4.52 Å². The summed E-state index contributed by atoms with van der Waals surface area (Å²) >= 11 is 0. The Bertz CT molecular complexity index is 573. The van der Waals surface area contributed by atoms with Crippen molar-refractivity contribution in [2.75, 3.05) is 6.54 Å². The molecule has 0 saturated heterocycles. The van der Waals surface area contributed by atoms with Gasteiger partial charge in [0.2, 0.25) is 5.89 Å². The predicted molar refractivity (Wildman–Crippen MR) is 77.7 cm³/mol. The molecule has 0 unspecified atom stereocenters. The lowest BCUT2D eigenvalue weighted by atomic mass is 9.75. The molecule has 0 aliphatic heterocycles. The lowest BCUT2D eigenvalue weighted by Crippen LogP contribution is -2.41. The fourth-order valence-electron chi connectivity index (χ4n) is 2.81. The predicted octanol–water partition coefficient (Wildman–Crippen LogP) is 2.76. The molecular weight excluding hydrogens is 250 g/mol. The first-order valence-electron chi connectivity index (χ1n) is 7.30. The lowest BCUT2D eigenvalue weighted by molar-refractivity contribution is 0.287. The molecule has 4 nitrogen and oxygen atoms in total. The standard InChI is InChI=1S/C16H21N3O/c1-11-4-3-5-13(8-11)14-9-15(10-14)17-7-6-16-18-12(2)19-20-16/h3-5,8,14-15,17H,6-7,9-10H2,1-2H3. The van der Waals surface area contributed by atoms with Gasteiger partial charge in [0.15, 0.2) is 5.82 Å². The van der Waals surface area contributed by atoms with E-state index in [-0.39, 0.29) is 0 Å². The second-order valence-electron chi connectivity index (χ2n) is 5.72. The van der Waals surface area contributed by atoms with Crippen LogP contribution in [0.1, 0.15) is 41.6 Å². The van der Waals surface area contributed by atoms with Crippen LogP contribution in [-0.2, 0) is 6.42 Å². The largest absolute Gasteiger partial charge is 0.339 e. The topological polar surface area (TPSA) is 51.0 Å². The first-order valence-corrected chi connectivity index (χ1v) is 7.30. The van der Waals surface area contributed by atoms with Crippen molar-refractivity contribution < 1.29 is 4.52 Å². The molecule has 106 valence electrons. The van der Waals surface area contributed by atoms with Crippen molar-refractivity contribution in [3.05, 3.63) is 47.1 Å². The zero-order valence-electron chi connectivity index (χ0n) is 12.1. The SMILES string of the molecule is Cc1cccc(C2CC(NCCc3nc(C)no3)C2)c1. The Hall–Kier alpha value is -1.68. The third-order valence-corrected chi connectivity index (χ3v) is 3.99. The number of aryl methyl sites for hydroxylation is 2. The van der Waals surface area contributed by atoms with Gasteiger partial charge in [-0.2, -0.15) is 4.98 Å². The monoisotopic (exact) mass is 271 g/mol. The number of benzene rings is 1. The van der Waals surface area contributed by atoms with Crippen molar-refractivity contribution in [2.45, 2.75) is 45.1 Å². The van der Waals surface area contributed by atoms with Crippen molar-refractivity contribution in [3.63, 3.8) is 0 Å². The maximum Gasteiger partial charge on any atom is 0.227 e. The second kappa shape index (κ2) is 5.75. The summed E-state index contributed by atoms with van der Waals surface area (Å²) in [6, 6.07) is 9.50. The van der Waals surface area contributed by atoms with Gasteiger partial charge in [0.1, 0.15) is 0 Å². The molecule has 0 amide bonds. The Kier molecular flexibility index (Phi) is 3.83. The number of aromatic nitrogens is 2. The number of nitrogens with zero attached hydrogens (tertiary/aromatic N) is 2. The fraction of sp³-hybridized carbons (Fsp3) is 0.500. The summed E-state index contributed by atoms with van der Waals surface area (Å²) in [5.41, 5.74) is 2.83. The first-order chi connectivity index (χ1) is 9.70. The molecule has 1 saturated carbocycles. The highest BCUT2D eigenvalue weighted by molar-refractivity contribution is 5.27. The van der Waals surface area contributed by atoms with Gasteiger partial charge in [-0.15, -0.1) is 0 Å². The minimum absolute atomic E-state index is 0.629. The van der Waals surface area contributed by atoms with Gasteiger partial charge < -0.3 is 9.84 Å². The zero-order valence-corrected chi connectivity index (χ0v) is 12.1. The molecule has 0 spiro atoms. The highest BCUT2D eigenvalue weighted by Gasteiger charge is 2.29. The van der Waals surface area contributed by atoms with Gasteiger partial charge in [0, 0.05) is 19.0 Å². The smallest absolute Gasteiger partial charge is 0.227 e. The van der Waals surface area contributed by atoms with Gasteiger partial charge in [-0.05, 0) is 38.2 Å². The van der Waals surface area contributed by atoms with Crippen LogP contribution in [0.3, 0.4) is 0 Å². The molecule has 1 N–H and O–H groups in total. The van der Waals surface area contributed by atoms with Crippen molar-refractivity contribution in [3.8, 4) is 0 Å². The van der Waals surface area contributed by atoms with Gasteiger partial charge in [0.05, 0.1) is 0 Å². The van der Waals surface area contributed by atoms with Crippen molar-refractivity contribution in [1.29, 1.82) is 0 Å². The highest BCUT2D eigenvalue weighted by Crippen LogP contribution is 2.36. The van der Waals surface area contributed by atoms with Gasteiger partial charge in [-0.3, -0.25) is 0 Å². The van der Waals surface area contributed by atoms with Crippen LogP contribution in [0.25, 0.3) is 0 Å². The average Bonchev–Trinajstić information content (AvgIpc) is 2.78. The number of hydrogen-bond acceptors (Lipinski definition) is 4. The molecule has 1 aromatic heterocycles. The third kappa shape index (κ3) is 3.07. The second-order valence-corrected chi connectivity index (χ2v) is 5.72. The molecule has 1 fully saturated rings. The van der Waals surface area contributed by atoms with Gasteiger partial charge in [-0.1, -0.05) is 35.0 Å². The average molecular weight is 271 g/mol. The molecule has 1 heterocycles. The summed E-state index contributed by atoms with van der Waals surface area (Å²) in [6.45, 7) is 4.91. The fourth-order valence-corrected chi connectivity index (χ4v) is 2.81. The molecule has 2 aromatic rings. The van der Waals surface area contributed by atoms with E-state index in [0.29, 0.717) is 11.9 Å². The molecule has 1 aliphatic carbocycles. The minimum atomic E-state index is 0.629. The third-order valence-electron chi connectivity index (χ3n) is 3.99. The van der Waals surface area contributed by atoms with E-state index >= 15 is 0 Å². The highest BCUT2D eigenvalue weighted by atomic mass is 16.5. The summed E-state index contributed by atoms with van der Waals surface area (Å²) in [4.78, 5) is 4.21. The van der Waals surface area contributed by atoms with Crippen LogP contribution in [0.4, 0.5) is 0 Å². The van der Waals surface area contributed by atoms with E-state index in [1.807, 2.05) is 6.92 Å². The normalized spacial score (nSPS) is 21.7. The summed E-state index contributed by atoms with van der Waals surface area (Å²) in [5.74, 6) is 2.16. The molecular formula is C16H21N3O. The van der Waals surface area contributed by atoms with Crippen molar-refractivity contribution >= 4 is 0 Å². The quantitative estimate of drug-likeness (QED) is 0.908. The van der Waals surface area contributed by atoms with E-state index in [1.165, 1.54) is 24.0 Å². The Morgan fingerprint density at radius 3 is 2.85 bits per heavy atom. The molecule has 4 heteroatoms. The molecule has 20 heavy (non-hydrogen) atoms. The molecule has 0 radical (unpaired) electrons. The van der Waals surface area contributed by atoms with E-state index < -0.39 is 0 Å². The lowest BCUT2D eigenvalue weighted by Gasteiger charge is -2.36. The Balaban J connectivity index is 1.40. The van der Waals surface area contributed by atoms with Crippen LogP contribution >= 0.6 is 0 Å². The van der Waals surface area contributed by atoms with Crippen LogP contribution in [0.2, 0.25) is 0 Å². The minimum Gasteiger partial charge on any atom is -0.339 e. The summed E-state index contributed by atoms with van der Waals surface area (Å²) in [6.07, 6.45) is 3.27. The molecule has 1 aliphatic rings. The van der Waals surface area contributed by atoms with Gasteiger partial charge >= 0.3 is 0 Å². The molecule has 3 rings (SSSR count). The molecule has 0 atom stereocenters. The van der Waals surface area contributed by atoms with Gasteiger partial charge in [-0.25, -0.2) is 0 Å². The van der Waals surface area contributed by atoms with Crippen molar-refractivity contribution in [1.82, 2.24) is 15.5 Å². The van der Waals surface area contributed by atoms with Crippen LogP contribution in [0, 0.1) is 13.8 Å². The Morgan fingerprint density at radius 1 is 1.30 bits per heavy atom. The van der Waals surface area contributed by atoms with E-state index in [1.54, 1.807) is 0 Å². The van der Waals surface area contributed by atoms with Gasteiger partial charge in [0.25, 0.3) is 0 Å². The van der Waals surface area contributed by atoms with Crippen LogP contribution in [0.15, 0.2) is 28.8 Å². The number of rotatable bonds is 5. The molecule has 0 bridgehead atoms. The first kappa shape index (κ1) is 13.3. The summed E-state index contributed by atoms with van der Waals surface area (Å²) in [7, 11) is 0. The molecule has 1 aromatic carbocycles. The Labute approximate surface area is 119 Å².